The summed E-state index contributed by atoms with van der Waals surface area (Å²) in [6, 6.07) is 10.7. The molecule has 3 atom stereocenters. The Labute approximate surface area is 220 Å². The van der Waals surface area contributed by atoms with Crippen LogP contribution in [-0.4, -0.2) is 42.8 Å². The van der Waals surface area contributed by atoms with Crippen molar-refractivity contribution >= 4 is 23.3 Å². The lowest BCUT2D eigenvalue weighted by Gasteiger charge is -2.32. The molecular formula is C29H33F3N2O4. The van der Waals surface area contributed by atoms with Crippen LogP contribution in [0.25, 0.3) is 5.57 Å². The number of rotatable bonds is 6. The first-order valence-corrected chi connectivity index (χ1v) is 12.7. The molecule has 0 saturated carbocycles. The summed E-state index contributed by atoms with van der Waals surface area (Å²) in [5.41, 5.74) is 5.28. The monoisotopic (exact) mass is 530 g/mol. The summed E-state index contributed by atoms with van der Waals surface area (Å²) in [5, 5.41) is 2.72. The van der Waals surface area contributed by atoms with Crippen molar-refractivity contribution in [1.29, 1.82) is 0 Å². The van der Waals surface area contributed by atoms with Crippen molar-refractivity contribution < 1.29 is 32.2 Å². The predicted molar refractivity (Wildman–Crippen MR) is 139 cm³/mol. The molecule has 2 amide bonds. The summed E-state index contributed by atoms with van der Waals surface area (Å²) in [4.78, 5) is 26.2. The largest absolute Gasteiger partial charge is 0.496 e. The first-order valence-electron chi connectivity index (χ1n) is 12.7. The van der Waals surface area contributed by atoms with Crippen LogP contribution in [0.1, 0.15) is 61.5 Å². The Morgan fingerprint density at radius 1 is 1.16 bits per heavy atom. The molecule has 0 bridgehead atoms. The Kier molecular flexibility index (Phi) is 7.76. The highest BCUT2D eigenvalue weighted by atomic mass is 19.4. The quantitative estimate of drug-likeness (QED) is 0.438. The van der Waals surface area contributed by atoms with Gasteiger partial charge in [0.25, 0.3) is 0 Å². The van der Waals surface area contributed by atoms with Gasteiger partial charge in [-0.05, 0) is 74.9 Å². The molecule has 1 saturated heterocycles. The van der Waals surface area contributed by atoms with Gasteiger partial charge in [-0.15, -0.1) is 0 Å². The predicted octanol–water partition coefficient (Wildman–Crippen LogP) is 6.97. The summed E-state index contributed by atoms with van der Waals surface area (Å²) in [6.45, 7) is 7.19. The maximum absolute atomic E-state index is 13.8. The minimum absolute atomic E-state index is 0.0106. The molecule has 4 rings (SSSR count). The van der Waals surface area contributed by atoms with Crippen molar-refractivity contribution in [2.24, 2.45) is 5.92 Å². The van der Waals surface area contributed by atoms with Gasteiger partial charge in [0.15, 0.2) is 0 Å². The summed E-state index contributed by atoms with van der Waals surface area (Å²) in [5.74, 6) is -1.28. The molecule has 1 aliphatic carbocycles. The Hall–Kier alpha value is -3.49. The molecule has 9 heteroatoms. The summed E-state index contributed by atoms with van der Waals surface area (Å²) < 4.78 is 52.7. The van der Waals surface area contributed by atoms with E-state index in [9.17, 15) is 22.8 Å². The molecule has 38 heavy (non-hydrogen) atoms. The lowest BCUT2D eigenvalue weighted by atomic mass is 9.80. The highest BCUT2D eigenvalue weighted by molar-refractivity contribution is 5.90. The van der Waals surface area contributed by atoms with E-state index in [0.717, 1.165) is 16.7 Å². The van der Waals surface area contributed by atoms with E-state index in [1.807, 2.05) is 39.0 Å². The fourth-order valence-corrected chi connectivity index (χ4v) is 5.55. The number of methoxy groups -OCH3 is 1. The Bertz CT molecular complexity index is 1250. The van der Waals surface area contributed by atoms with Crippen LogP contribution in [0.15, 0.2) is 42.0 Å². The Morgan fingerprint density at radius 2 is 1.84 bits per heavy atom. The Balaban J connectivity index is 1.73. The van der Waals surface area contributed by atoms with Gasteiger partial charge in [0, 0.05) is 24.7 Å². The second-order valence-corrected chi connectivity index (χ2v) is 10.3. The molecule has 2 aliphatic rings. The second kappa shape index (κ2) is 10.7. The minimum Gasteiger partial charge on any atom is -0.496 e. The molecular weight excluding hydrogens is 497 g/mol. The molecule has 2 aromatic rings. The molecule has 0 spiro atoms. The SMILES string of the molecule is COc1ccc(NC(C)=O)cc1C1=C(CN2C(=O)O[C@H](c3cc(C)cc(C)c3)[C@@H]2C)CC(C(F)(F)F)CC1. The number of anilines is 1. The lowest BCUT2D eigenvalue weighted by Crippen LogP contribution is -2.36. The average molecular weight is 531 g/mol. The first-order chi connectivity index (χ1) is 17.9. The normalized spacial score (nSPS) is 21.9. The third kappa shape index (κ3) is 5.81. The first kappa shape index (κ1) is 27.5. The van der Waals surface area contributed by atoms with Crippen LogP contribution in [0.5, 0.6) is 5.75 Å². The van der Waals surface area contributed by atoms with Gasteiger partial charge in [-0.2, -0.15) is 13.2 Å². The zero-order chi connectivity index (χ0) is 27.8. The maximum atomic E-state index is 13.8. The van der Waals surface area contributed by atoms with E-state index in [-0.39, 0.29) is 37.8 Å². The number of halogens is 3. The number of nitrogens with zero attached hydrogens (tertiary/aromatic N) is 1. The van der Waals surface area contributed by atoms with Crippen LogP contribution >= 0.6 is 0 Å². The second-order valence-electron chi connectivity index (χ2n) is 10.3. The lowest BCUT2D eigenvalue weighted by molar-refractivity contribution is -0.176. The molecule has 6 nitrogen and oxygen atoms in total. The number of ether oxygens (including phenoxy) is 2. The van der Waals surface area contributed by atoms with Gasteiger partial charge in [0.2, 0.25) is 5.91 Å². The van der Waals surface area contributed by atoms with Crippen LogP contribution < -0.4 is 10.1 Å². The standard InChI is InChI=1S/C29H33F3N2O4/c1-16-10-17(2)12-20(11-16)27-18(3)34(28(36)38-27)15-21-13-22(29(30,31)32)6-8-24(21)25-14-23(33-19(4)35)7-9-26(25)37-5/h7,9-12,14,18,22,27H,6,8,13,15H2,1-5H3,(H,33,35)/t18-,22?,27-/m0/s1. The van der Waals surface area contributed by atoms with E-state index in [1.54, 1.807) is 18.2 Å². The zero-order valence-electron chi connectivity index (χ0n) is 22.2. The van der Waals surface area contributed by atoms with Gasteiger partial charge in [-0.25, -0.2) is 4.79 Å². The topological polar surface area (TPSA) is 67.9 Å². The number of aryl methyl sites for hydroxylation is 2. The highest BCUT2D eigenvalue weighted by Gasteiger charge is 2.45. The summed E-state index contributed by atoms with van der Waals surface area (Å²) in [7, 11) is 1.49. The minimum atomic E-state index is -4.35. The van der Waals surface area contributed by atoms with Crippen LogP contribution in [0.4, 0.5) is 23.7 Å². The molecule has 1 unspecified atom stereocenters. The van der Waals surface area contributed by atoms with Crippen molar-refractivity contribution in [1.82, 2.24) is 4.90 Å². The third-order valence-electron chi connectivity index (χ3n) is 7.30. The fraction of sp³-hybridized carbons (Fsp3) is 0.448. The fourth-order valence-electron chi connectivity index (χ4n) is 5.55. The number of hydrogen-bond acceptors (Lipinski definition) is 4. The zero-order valence-corrected chi connectivity index (χ0v) is 22.2. The van der Waals surface area contributed by atoms with Gasteiger partial charge in [-0.3, -0.25) is 9.69 Å². The number of carbonyl (C=O) groups is 2. The molecule has 1 heterocycles. The van der Waals surface area contributed by atoms with Crippen LogP contribution in [0.3, 0.4) is 0 Å². The van der Waals surface area contributed by atoms with E-state index >= 15 is 0 Å². The molecule has 2 aromatic carbocycles. The number of allylic oxidation sites excluding steroid dienone is 1. The average Bonchev–Trinajstić information content (AvgIpc) is 3.11. The number of amides is 2. The maximum Gasteiger partial charge on any atom is 0.411 e. The summed E-state index contributed by atoms with van der Waals surface area (Å²) in [6.07, 6.45) is -5.56. The number of hydrogen-bond donors (Lipinski definition) is 1. The van der Waals surface area contributed by atoms with Gasteiger partial charge < -0.3 is 14.8 Å². The molecule has 0 aromatic heterocycles. The molecule has 1 N–H and O–H groups in total. The van der Waals surface area contributed by atoms with E-state index in [4.69, 9.17) is 9.47 Å². The van der Waals surface area contributed by atoms with E-state index < -0.39 is 24.3 Å². The van der Waals surface area contributed by atoms with Crippen LogP contribution in [0.2, 0.25) is 0 Å². The molecule has 1 fully saturated rings. The molecule has 204 valence electrons. The number of alkyl halides is 3. The van der Waals surface area contributed by atoms with E-state index in [2.05, 4.69) is 5.32 Å². The highest BCUT2D eigenvalue weighted by Crippen LogP contribution is 2.46. The van der Waals surface area contributed by atoms with Gasteiger partial charge in [0.1, 0.15) is 11.9 Å². The van der Waals surface area contributed by atoms with E-state index in [0.29, 0.717) is 28.1 Å². The third-order valence-corrected chi connectivity index (χ3v) is 7.30. The van der Waals surface area contributed by atoms with Gasteiger partial charge >= 0.3 is 12.3 Å². The van der Waals surface area contributed by atoms with Crippen molar-refractivity contribution in [3.8, 4) is 5.75 Å². The Morgan fingerprint density at radius 3 is 2.45 bits per heavy atom. The number of carbonyl (C=O) groups excluding carboxylic acids is 2. The number of nitrogens with one attached hydrogen (secondary N) is 1. The number of benzene rings is 2. The van der Waals surface area contributed by atoms with Crippen molar-refractivity contribution in [2.45, 2.75) is 65.3 Å². The van der Waals surface area contributed by atoms with Gasteiger partial charge in [0.05, 0.1) is 19.1 Å². The van der Waals surface area contributed by atoms with E-state index in [1.165, 1.54) is 18.9 Å². The molecule has 0 radical (unpaired) electrons. The van der Waals surface area contributed by atoms with Crippen molar-refractivity contribution in [3.63, 3.8) is 0 Å². The van der Waals surface area contributed by atoms with Crippen molar-refractivity contribution in [2.75, 3.05) is 19.0 Å². The summed E-state index contributed by atoms with van der Waals surface area (Å²) >= 11 is 0. The van der Waals surface area contributed by atoms with Crippen molar-refractivity contribution in [3.05, 3.63) is 64.2 Å². The van der Waals surface area contributed by atoms with Crippen LogP contribution in [-0.2, 0) is 9.53 Å². The van der Waals surface area contributed by atoms with Gasteiger partial charge in [-0.1, -0.05) is 29.3 Å². The smallest absolute Gasteiger partial charge is 0.411 e. The molecule has 1 aliphatic heterocycles. The van der Waals surface area contributed by atoms with Crippen LogP contribution in [0, 0.1) is 19.8 Å². The number of cyclic esters (lactones) is 1.